The number of nitrogens with zero attached hydrogens (tertiary/aromatic N) is 1. The van der Waals surface area contributed by atoms with Gasteiger partial charge in [0.2, 0.25) is 0 Å². The highest BCUT2D eigenvalue weighted by Crippen LogP contribution is 2.34. The number of hydrogen-bond acceptors (Lipinski definition) is 4. The number of H-pyrrole nitrogens is 1. The fourth-order valence-electron chi connectivity index (χ4n) is 4.43. The van der Waals surface area contributed by atoms with E-state index in [0.29, 0.717) is 49.4 Å². The third-order valence-electron chi connectivity index (χ3n) is 6.75. The number of methoxy groups -OCH3 is 1. The molecule has 196 valence electrons. The van der Waals surface area contributed by atoms with Gasteiger partial charge in [0.05, 0.1) is 21.7 Å². The molecule has 38 heavy (non-hydrogen) atoms. The lowest BCUT2D eigenvalue weighted by Crippen LogP contribution is -2.16. The predicted octanol–water partition coefficient (Wildman–Crippen LogP) is 7.17. The van der Waals surface area contributed by atoms with Crippen molar-refractivity contribution in [2.75, 3.05) is 17.7 Å². The fourth-order valence-corrected chi connectivity index (χ4v) is 4.81. The molecule has 1 saturated carbocycles. The minimum Gasteiger partial charge on any atom is -0.377 e. The van der Waals surface area contributed by atoms with E-state index in [-0.39, 0.29) is 18.4 Å². The van der Waals surface area contributed by atoms with E-state index in [9.17, 15) is 9.59 Å². The third-order valence-corrected chi connectivity index (χ3v) is 7.49. The lowest BCUT2D eigenvalue weighted by atomic mass is 10.0. The molecule has 1 aliphatic rings. The Hall–Kier alpha value is -3.39. The molecule has 1 fully saturated rings. The van der Waals surface area contributed by atoms with Gasteiger partial charge in [0.25, 0.3) is 11.8 Å². The molecule has 5 rings (SSSR count). The molecule has 0 atom stereocenters. The summed E-state index contributed by atoms with van der Waals surface area (Å²) in [4.78, 5) is 34.4. The van der Waals surface area contributed by atoms with Crippen molar-refractivity contribution in [2.45, 2.75) is 39.2 Å². The average molecular weight is 551 g/mol. The van der Waals surface area contributed by atoms with Crippen LogP contribution in [0.15, 0.2) is 48.5 Å². The van der Waals surface area contributed by atoms with Crippen LogP contribution in [0.25, 0.3) is 11.0 Å². The first-order valence-electron chi connectivity index (χ1n) is 12.5. The number of ether oxygens (including phenoxy) is 1. The normalized spacial score (nSPS) is 13.1. The first-order valence-corrected chi connectivity index (χ1v) is 13.3. The van der Waals surface area contributed by atoms with Crippen LogP contribution in [0.2, 0.25) is 10.0 Å². The number of rotatable bonds is 9. The highest BCUT2D eigenvalue weighted by atomic mass is 35.5. The molecule has 4 aromatic rings. The lowest BCUT2D eigenvalue weighted by molar-refractivity contribution is 0.101. The van der Waals surface area contributed by atoms with Gasteiger partial charge in [-0.15, -0.1) is 0 Å². The van der Waals surface area contributed by atoms with Crippen molar-refractivity contribution in [3.05, 3.63) is 86.7 Å². The van der Waals surface area contributed by atoms with Crippen molar-refractivity contribution in [3.63, 3.8) is 0 Å². The molecule has 0 saturated heterocycles. The van der Waals surface area contributed by atoms with E-state index in [1.807, 2.05) is 19.1 Å². The van der Waals surface area contributed by atoms with E-state index >= 15 is 0 Å². The zero-order chi connectivity index (χ0) is 26.8. The summed E-state index contributed by atoms with van der Waals surface area (Å²) >= 11 is 12.6. The number of aromatic amines is 1. The van der Waals surface area contributed by atoms with Gasteiger partial charge in [-0.05, 0) is 73.2 Å². The number of benzene rings is 3. The van der Waals surface area contributed by atoms with Crippen LogP contribution < -0.4 is 10.6 Å². The number of anilines is 2. The third kappa shape index (κ3) is 5.85. The Kier molecular flexibility index (Phi) is 7.70. The SMILES string of the molecule is COCc1nc2c(C(=O)Nc3cccc(Cl)c3C)cc(NC(=O)c3cc(CCC4CC4)ccc3Cl)cc2[nH]1. The molecule has 0 aliphatic heterocycles. The summed E-state index contributed by atoms with van der Waals surface area (Å²) in [5.41, 5.74) is 4.60. The number of hydrogen-bond donors (Lipinski definition) is 3. The molecule has 3 aromatic carbocycles. The zero-order valence-corrected chi connectivity index (χ0v) is 22.7. The second-order valence-corrected chi connectivity index (χ2v) is 10.5. The number of carbonyl (C=O) groups excluding carboxylic acids is 2. The molecule has 3 N–H and O–H groups in total. The molecule has 0 bridgehead atoms. The maximum atomic E-state index is 13.4. The van der Waals surface area contributed by atoms with E-state index in [1.165, 1.54) is 12.8 Å². The number of fused-ring (bicyclic) bond motifs is 1. The van der Waals surface area contributed by atoms with Crippen LogP contribution in [0.1, 0.15) is 56.9 Å². The first kappa shape index (κ1) is 26.2. The molecule has 0 spiro atoms. The average Bonchev–Trinajstić information content (AvgIpc) is 3.64. The number of nitrogens with one attached hydrogen (secondary N) is 3. The number of aromatic nitrogens is 2. The summed E-state index contributed by atoms with van der Waals surface area (Å²) in [5, 5.41) is 6.75. The van der Waals surface area contributed by atoms with E-state index in [2.05, 4.69) is 20.6 Å². The maximum Gasteiger partial charge on any atom is 0.258 e. The standard InChI is InChI=1S/C29H28Cl2N4O3/c1-16-22(30)4-3-5-24(16)34-29(37)21-13-19(14-25-27(21)35-26(33-25)15-38-2)32-28(36)20-12-18(10-11-23(20)31)9-8-17-6-7-17/h3-5,10-14,17H,6-9,15H2,1-2H3,(H,32,36)(H,33,35)(H,34,37). The van der Waals surface area contributed by atoms with Gasteiger partial charge in [-0.25, -0.2) is 4.98 Å². The Labute approximate surface area is 230 Å². The highest BCUT2D eigenvalue weighted by Gasteiger charge is 2.22. The minimum atomic E-state index is -0.382. The Morgan fingerprint density at radius 1 is 1.03 bits per heavy atom. The number of aryl methyl sites for hydroxylation is 1. The number of halogens is 2. The van der Waals surface area contributed by atoms with Crippen molar-refractivity contribution in [1.82, 2.24) is 9.97 Å². The highest BCUT2D eigenvalue weighted by molar-refractivity contribution is 6.34. The number of carbonyl (C=O) groups is 2. The van der Waals surface area contributed by atoms with Crippen LogP contribution in [0, 0.1) is 12.8 Å². The zero-order valence-electron chi connectivity index (χ0n) is 21.2. The van der Waals surface area contributed by atoms with Crippen LogP contribution in [-0.2, 0) is 17.8 Å². The van der Waals surface area contributed by atoms with Crippen molar-refractivity contribution in [2.24, 2.45) is 5.92 Å². The maximum absolute atomic E-state index is 13.4. The quantitative estimate of drug-likeness (QED) is 0.206. The smallest absolute Gasteiger partial charge is 0.258 e. The van der Waals surface area contributed by atoms with Crippen molar-refractivity contribution in [1.29, 1.82) is 0 Å². The van der Waals surface area contributed by atoms with E-state index in [4.69, 9.17) is 27.9 Å². The van der Waals surface area contributed by atoms with E-state index in [0.717, 1.165) is 29.9 Å². The van der Waals surface area contributed by atoms with Crippen LogP contribution in [0.4, 0.5) is 11.4 Å². The van der Waals surface area contributed by atoms with Gasteiger partial charge >= 0.3 is 0 Å². The molecule has 7 nitrogen and oxygen atoms in total. The topological polar surface area (TPSA) is 96.1 Å². The Morgan fingerprint density at radius 3 is 2.58 bits per heavy atom. The van der Waals surface area contributed by atoms with Crippen molar-refractivity contribution in [3.8, 4) is 0 Å². The second kappa shape index (κ2) is 11.2. The fraction of sp³-hybridized carbons (Fsp3) is 0.276. The predicted molar refractivity (Wildman–Crippen MR) is 151 cm³/mol. The molecular weight excluding hydrogens is 523 g/mol. The summed E-state index contributed by atoms with van der Waals surface area (Å²) in [6.07, 6.45) is 4.61. The van der Waals surface area contributed by atoms with Crippen molar-refractivity contribution < 1.29 is 14.3 Å². The monoisotopic (exact) mass is 550 g/mol. The number of amides is 2. The molecule has 9 heteroatoms. The first-order chi connectivity index (χ1) is 18.3. The molecule has 1 heterocycles. The second-order valence-electron chi connectivity index (χ2n) is 9.65. The molecule has 0 unspecified atom stereocenters. The van der Waals surface area contributed by atoms with Gasteiger partial charge in [-0.2, -0.15) is 0 Å². The van der Waals surface area contributed by atoms with Crippen LogP contribution in [0.3, 0.4) is 0 Å². The molecule has 0 radical (unpaired) electrons. The summed E-state index contributed by atoms with van der Waals surface area (Å²) in [6, 6.07) is 14.2. The van der Waals surface area contributed by atoms with Gasteiger partial charge in [-0.3, -0.25) is 9.59 Å². The Morgan fingerprint density at radius 2 is 1.82 bits per heavy atom. The van der Waals surface area contributed by atoms with Crippen LogP contribution >= 0.6 is 23.2 Å². The summed E-state index contributed by atoms with van der Waals surface area (Å²) in [7, 11) is 1.57. The summed E-state index contributed by atoms with van der Waals surface area (Å²) in [6.45, 7) is 2.08. The molecule has 1 aliphatic carbocycles. The lowest BCUT2D eigenvalue weighted by Gasteiger charge is -2.12. The Balaban J connectivity index is 1.45. The van der Waals surface area contributed by atoms with Crippen LogP contribution in [0.5, 0.6) is 0 Å². The van der Waals surface area contributed by atoms with Gasteiger partial charge in [-0.1, -0.05) is 48.2 Å². The Bertz CT molecular complexity index is 1530. The van der Waals surface area contributed by atoms with E-state index < -0.39 is 0 Å². The minimum absolute atomic E-state index is 0.244. The van der Waals surface area contributed by atoms with Gasteiger partial charge in [0.15, 0.2) is 0 Å². The largest absolute Gasteiger partial charge is 0.377 e. The summed E-state index contributed by atoms with van der Waals surface area (Å²) in [5.74, 6) is 0.626. The van der Waals surface area contributed by atoms with E-state index in [1.54, 1.807) is 43.5 Å². The van der Waals surface area contributed by atoms with Crippen molar-refractivity contribution >= 4 is 57.4 Å². The van der Waals surface area contributed by atoms with Gasteiger partial charge in [0.1, 0.15) is 17.9 Å². The van der Waals surface area contributed by atoms with Gasteiger partial charge in [0, 0.05) is 23.5 Å². The van der Waals surface area contributed by atoms with Gasteiger partial charge < -0.3 is 20.4 Å². The molecule has 1 aromatic heterocycles. The molecular formula is C29H28Cl2N4O3. The molecule has 2 amide bonds. The number of imidazole rings is 1. The van der Waals surface area contributed by atoms with Crippen LogP contribution in [-0.4, -0.2) is 28.9 Å². The summed E-state index contributed by atoms with van der Waals surface area (Å²) < 4.78 is 5.20.